The Labute approximate surface area is 119 Å². The van der Waals surface area contributed by atoms with Crippen molar-refractivity contribution in [2.75, 3.05) is 13.1 Å². The first-order valence-corrected chi connectivity index (χ1v) is 6.80. The van der Waals surface area contributed by atoms with Gasteiger partial charge in [0.2, 0.25) is 0 Å². The summed E-state index contributed by atoms with van der Waals surface area (Å²) in [6, 6.07) is 0. The number of carbonyl (C=O) groups excluding carboxylic acids is 1. The highest BCUT2D eigenvalue weighted by Gasteiger charge is 2.25. The number of piperidine rings is 1. The number of H-pyrrole nitrogens is 2. The molecule has 0 bridgehead atoms. The molecule has 0 unspecified atom stereocenters. The average molecular weight is 295 g/mol. The Morgan fingerprint density at radius 3 is 2.52 bits per heavy atom. The van der Waals surface area contributed by atoms with Crippen LogP contribution in [0.4, 0.5) is 0 Å². The molecule has 1 aliphatic rings. The van der Waals surface area contributed by atoms with Gasteiger partial charge in [-0.3, -0.25) is 19.4 Å². The van der Waals surface area contributed by atoms with E-state index in [-0.39, 0.29) is 12.0 Å². The minimum atomic E-state index is -0.812. The van der Waals surface area contributed by atoms with Gasteiger partial charge in [0.1, 0.15) is 5.56 Å². The van der Waals surface area contributed by atoms with E-state index < -0.39 is 23.1 Å². The number of rotatable bonds is 4. The van der Waals surface area contributed by atoms with E-state index in [1.165, 1.54) is 0 Å². The van der Waals surface area contributed by atoms with Gasteiger partial charge in [0, 0.05) is 25.7 Å². The quantitative estimate of drug-likeness (QED) is 0.708. The first-order chi connectivity index (χ1) is 9.97. The SMILES string of the molecule is O=C(O)CCC1CCN(C(=O)c2c[nH]c(=O)[nH]c2=O)CC1. The van der Waals surface area contributed by atoms with E-state index in [2.05, 4.69) is 4.98 Å². The number of nitrogens with one attached hydrogen (secondary N) is 2. The lowest BCUT2D eigenvalue weighted by Crippen LogP contribution is -2.41. The third kappa shape index (κ3) is 3.80. The van der Waals surface area contributed by atoms with Gasteiger partial charge in [0.25, 0.3) is 11.5 Å². The molecule has 8 nitrogen and oxygen atoms in total. The number of amides is 1. The minimum absolute atomic E-state index is 0.0846. The number of carboxylic acid groups (broad SMARTS) is 1. The summed E-state index contributed by atoms with van der Waals surface area (Å²) in [4.78, 5) is 51.1. The Kier molecular flexibility index (Phi) is 4.56. The van der Waals surface area contributed by atoms with Gasteiger partial charge >= 0.3 is 11.7 Å². The summed E-state index contributed by atoms with van der Waals surface area (Å²) in [6.45, 7) is 0.976. The molecule has 1 saturated heterocycles. The van der Waals surface area contributed by atoms with Crippen LogP contribution in [-0.4, -0.2) is 44.9 Å². The van der Waals surface area contributed by atoms with Crippen molar-refractivity contribution in [3.8, 4) is 0 Å². The van der Waals surface area contributed by atoms with Gasteiger partial charge in [-0.25, -0.2) is 4.79 Å². The fourth-order valence-corrected chi connectivity index (χ4v) is 2.49. The fourth-order valence-electron chi connectivity index (χ4n) is 2.49. The normalized spacial score (nSPS) is 15.9. The number of carbonyl (C=O) groups is 2. The summed E-state index contributed by atoms with van der Waals surface area (Å²) in [7, 11) is 0. The lowest BCUT2D eigenvalue weighted by molar-refractivity contribution is -0.137. The number of hydrogen-bond acceptors (Lipinski definition) is 4. The van der Waals surface area contributed by atoms with Crippen LogP contribution in [0.1, 0.15) is 36.0 Å². The number of aromatic amines is 2. The number of carboxylic acids is 1. The van der Waals surface area contributed by atoms with Crippen molar-refractivity contribution in [3.63, 3.8) is 0 Å². The Bertz CT molecular complexity index is 640. The molecule has 1 aliphatic heterocycles. The van der Waals surface area contributed by atoms with Gasteiger partial charge in [-0.1, -0.05) is 0 Å². The fraction of sp³-hybridized carbons (Fsp3) is 0.538. The lowest BCUT2D eigenvalue weighted by Gasteiger charge is -2.31. The molecule has 3 N–H and O–H groups in total. The summed E-state index contributed by atoms with van der Waals surface area (Å²) >= 11 is 0. The maximum absolute atomic E-state index is 12.2. The Balaban J connectivity index is 1.95. The molecule has 1 aromatic heterocycles. The highest BCUT2D eigenvalue weighted by Crippen LogP contribution is 2.22. The standard InChI is InChI=1S/C13H17N3O5/c17-10(18)2-1-8-3-5-16(6-4-8)12(20)9-7-14-13(21)15-11(9)19/h7-8H,1-6H2,(H,17,18)(H2,14,15,19,21). The van der Waals surface area contributed by atoms with E-state index in [9.17, 15) is 19.2 Å². The molecular formula is C13H17N3O5. The number of aromatic nitrogens is 2. The first kappa shape index (κ1) is 15.0. The van der Waals surface area contributed by atoms with E-state index in [1.54, 1.807) is 4.90 Å². The van der Waals surface area contributed by atoms with Crippen molar-refractivity contribution in [2.24, 2.45) is 5.92 Å². The van der Waals surface area contributed by atoms with E-state index in [1.807, 2.05) is 4.98 Å². The van der Waals surface area contributed by atoms with Crippen molar-refractivity contribution in [1.29, 1.82) is 0 Å². The highest BCUT2D eigenvalue weighted by atomic mass is 16.4. The maximum atomic E-state index is 12.2. The number of likely N-dealkylation sites (tertiary alicyclic amines) is 1. The summed E-state index contributed by atoms with van der Waals surface area (Å²) in [5, 5.41) is 8.65. The van der Waals surface area contributed by atoms with Crippen LogP contribution in [0.3, 0.4) is 0 Å². The van der Waals surface area contributed by atoms with Crippen LogP contribution in [-0.2, 0) is 4.79 Å². The maximum Gasteiger partial charge on any atom is 0.325 e. The molecule has 0 radical (unpaired) electrons. The van der Waals surface area contributed by atoms with Crippen molar-refractivity contribution < 1.29 is 14.7 Å². The number of hydrogen-bond donors (Lipinski definition) is 3. The van der Waals surface area contributed by atoms with E-state index in [0.29, 0.717) is 25.4 Å². The van der Waals surface area contributed by atoms with Gasteiger partial charge < -0.3 is 15.0 Å². The predicted molar refractivity (Wildman–Crippen MR) is 73.2 cm³/mol. The molecule has 1 amide bonds. The molecule has 21 heavy (non-hydrogen) atoms. The van der Waals surface area contributed by atoms with E-state index in [4.69, 9.17) is 5.11 Å². The minimum Gasteiger partial charge on any atom is -0.481 e. The van der Waals surface area contributed by atoms with Crippen LogP contribution in [0, 0.1) is 5.92 Å². The number of nitrogens with zero attached hydrogens (tertiary/aromatic N) is 1. The van der Waals surface area contributed by atoms with Gasteiger partial charge in [0.15, 0.2) is 0 Å². The van der Waals surface area contributed by atoms with Crippen LogP contribution in [0.5, 0.6) is 0 Å². The second kappa shape index (κ2) is 6.38. The molecule has 1 fully saturated rings. The Hall–Kier alpha value is -2.38. The van der Waals surface area contributed by atoms with Gasteiger partial charge in [0.05, 0.1) is 0 Å². The molecule has 8 heteroatoms. The third-order valence-electron chi connectivity index (χ3n) is 3.72. The predicted octanol–water partition coefficient (Wildman–Crippen LogP) is -0.220. The zero-order chi connectivity index (χ0) is 15.4. The largest absolute Gasteiger partial charge is 0.481 e. The van der Waals surface area contributed by atoms with Gasteiger partial charge in [-0.15, -0.1) is 0 Å². The van der Waals surface area contributed by atoms with Crippen molar-refractivity contribution in [3.05, 3.63) is 32.6 Å². The van der Waals surface area contributed by atoms with E-state index >= 15 is 0 Å². The monoisotopic (exact) mass is 295 g/mol. The molecule has 2 rings (SSSR count). The molecule has 0 spiro atoms. The van der Waals surface area contributed by atoms with Crippen LogP contribution in [0.25, 0.3) is 0 Å². The van der Waals surface area contributed by atoms with Crippen molar-refractivity contribution in [2.45, 2.75) is 25.7 Å². The van der Waals surface area contributed by atoms with E-state index in [0.717, 1.165) is 19.0 Å². The first-order valence-electron chi connectivity index (χ1n) is 6.80. The van der Waals surface area contributed by atoms with Crippen LogP contribution >= 0.6 is 0 Å². The average Bonchev–Trinajstić information content (AvgIpc) is 2.45. The second-order valence-electron chi connectivity index (χ2n) is 5.15. The molecule has 0 saturated carbocycles. The Morgan fingerprint density at radius 2 is 1.95 bits per heavy atom. The topological polar surface area (TPSA) is 123 Å². The van der Waals surface area contributed by atoms with Crippen LogP contribution in [0.15, 0.2) is 15.8 Å². The number of aliphatic carboxylic acids is 1. The molecule has 0 aromatic carbocycles. The Morgan fingerprint density at radius 1 is 1.29 bits per heavy atom. The third-order valence-corrected chi connectivity index (χ3v) is 3.72. The smallest absolute Gasteiger partial charge is 0.325 e. The van der Waals surface area contributed by atoms with Crippen LogP contribution in [0.2, 0.25) is 0 Å². The zero-order valence-electron chi connectivity index (χ0n) is 11.4. The van der Waals surface area contributed by atoms with Gasteiger partial charge in [-0.05, 0) is 25.2 Å². The summed E-state index contributed by atoms with van der Waals surface area (Å²) < 4.78 is 0. The zero-order valence-corrected chi connectivity index (χ0v) is 11.4. The summed E-state index contributed by atoms with van der Waals surface area (Å²) in [6.07, 6.45) is 3.31. The van der Waals surface area contributed by atoms with Crippen molar-refractivity contribution in [1.82, 2.24) is 14.9 Å². The summed E-state index contributed by atoms with van der Waals surface area (Å²) in [5.74, 6) is -0.934. The molecule has 1 aromatic rings. The molecule has 2 heterocycles. The summed E-state index contributed by atoms with van der Waals surface area (Å²) in [5.41, 5.74) is -1.43. The van der Waals surface area contributed by atoms with Crippen LogP contribution < -0.4 is 11.2 Å². The van der Waals surface area contributed by atoms with Crippen molar-refractivity contribution >= 4 is 11.9 Å². The molecular weight excluding hydrogens is 278 g/mol. The molecule has 0 atom stereocenters. The lowest BCUT2D eigenvalue weighted by atomic mass is 9.92. The molecule has 0 aliphatic carbocycles. The molecule has 114 valence electrons. The second-order valence-corrected chi connectivity index (χ2v) is 5.15. The highest BCUT2D eigenvalue weighted by molar-refractivity contribution is 5.93. The van der Waals surface area contributed by atoms with Gasteiger partial charge in [-0.2, -0.15) is 0 Å².